The van der Waals surface area contributed by atoms with E-state index in [9.17, 15) is 4.79 Å². The quantitative estimate of drug-likeness (QED) is 0.778. The van der Waals surface area contributed by atoms with Crippen LogP contribution in [0.15, 0.2) is 24.3 Å². The number of nitrogens with zero attached hydrogens (tertiary/aromatic N) is 4. The molecule has 1 amide bonds. The van der Waals surface area contributed by atoms with Crippen molar-refractivity contribution in [2.24, 2.45) is 0 Å². The van der Waals surface area contributed by atoms with Gasteiger partial charge in [-0.2, -0.15) is 0 Å². The molecule has 2 fully saturated rings. The molecule has 0 atom stereocenters. The Bertz CT molecular complexity index is 870. The Morgan fingerprint density at radius 2 is 1.81 bits per heavy atom. The lowest BCUT2D eigenvalue weighted by Gasteiger charge is -2.52. The molecule has 0 radical (unpaired) electrons. The predicted molar refractivity (Wildman–Crippen MR) is 109 cm³/mol. The van der Waals surface area contributed by atoms with E-state index < -0.39 is 0 Å². The van der Waals surface area contributed by atoms with E-state index in [0.717, 1.165) is 73.3 Å². The second kappa shape index (κ2) is 6.88. The number of likely N-dealkylation sites (N-methyl/N-ethyl adjacent to an activating group) is 2. The SMILES string of the molecule is Cc1nc2c(C)cccc2cc1C(=O)N1CCC2(CC1)CN(C)CCN2C. The number of hydrogen-bond donors (Lipinski definition) is 0. The molecule has 0 saturated carbocycles. The summed E-state index contributed by atoms with van der Waals surface area (Å²) in [5, 5.41) is 1.05. The first-order chi connectivity index (χ1) is 12.9. The molecular formula is C22H30N4O. The normalized spacial score (nSPS) is 21.1. The van der Waals surface area contributed by atoms with Gasteiger partial charge < -0.3 is 9.80 Å². The summed E-state index contributed by atoms with van der Waals surface area (Å²) in [5.41, 5.74) is 3.95. The van der Waals surface area contributed by atoms with Crippen molar-refractivity contribution in [1.29, 1.82) is 0 Å². The van der Waals surface area contributed by atoms with Gasteiger partial charge in [0.05, 0.1) is 16.8 Å². The van der Waals surface area contributed by atoms with Crippen LogP contribution < -0.4 is 0 Å². The van der Waals surface area contributed by atoms with Crippen LogP contribution in [0, 0.1) is 13.8 Å². The van der Waals surface area contributed by atoms with Crippen LogP contribution in [-0.4, -0.2) is 77.9 Å². The molecule has 27 heavy (non-hydrogen) atoms. The zero-order chi connectivity index (χ0) is 19.2. The van der Waals surface area contributed by atoms with Crippen molar-refractivity contribution < 1.29 is 4.79 Å². The van der Waals surface area contributed by atoms with Crippen molar-refractivity contribution in [3.05, 3.63) is 41.1 Å². The molecule has 0 bridgehead atoms. The molecule has 1 aromatic heterocycles. The lowest BCUT2D eigenvalue weighted by Crippen LogP contribution is -2.64. The van der Waals surface area contributed by atoms with Crippen molar-refractivity contribution >= 4 is 16.8 Å². The van der Waals surface area contributed by atoms with Gasteiger partial charge in [0.2, 0.25) is 0 Å². The molecule has 5 nitrogen and oxygen atoms in total. The highest BCUT2D eigenvalue weighted by atomic mass is 16.2. The maximum atomic E-state index is 13.2. The molecule has 1 aromatic carbocycles. The summed E-state index contributed by atoms with van der Waals surface area (Å²) in [6, 6.07) is 8.17. The molecule has 2 aliphatic heterocycles. The first kappa shape index (κ1) is 18.4. The molecule has 0 aliphatic carbocycles. The molecule has 2 aliphatic rings. The van der Waals surface area contributed by atoms with Crippen LogP contribution in [0.2, 0.25) is 0 Å². The van der Waals surface area contributed by atoms with Crippen LogP contribution in [0.1, 0.15) is 34.5 Å². The lowest BCUT2D eigenvalue weighted by atomic mass is 9.83. The Labute approximate surface area is 162 Å². The molecule has 1 spiro atoms. The van der Waals surface area contributed by atoms with Crippen LogP contribution >= 0.6 is 0 Å². The number of aromatic nitrogens is 1. The maximum Gasteiger partial charge on any atom is 0.255 e. The van der Waals surface area contributed by atoms with Gasteiger partial charge in [0, 0.05) is 43.6 Å². The molecule has 0 N–H and O–H groups in total. The maximum absolute atomic E-state index is 13.2. The Kier molecular flexibility index (Phi) is 4.68. The first-order valence-electron chi connectivity index (χ1n) is 9.96. The Morgan fingerprint density at radius 1 is 1.07 bits per heavy atom. The Morgan fingerprint density at radius 3 is 2.56 bits per heavy atom. The Balaban J connectivity index is 1.55. The molecule has 4 rings (SSSR count). The third-order valence-electron chi connectivity index (χ3n) is 6.64. The number of piperidine rings is 1. The van der Waals surface area contributed by atoms with Crippen LogP contribution in [0.5, 0.6) is 0 Å². The fourth-order valence-electron chi connectivity index (χ4n) is 4.75. The number of para-hydroxylation sites is 1. The number of rotatable bonds is 1. The second-order valence-electron chi connectivity index (χ2n) is 8.44. The van der Waals surface area contributed by atoms with E-state index in [0.29, 0.717) is 0 Å². The van der Waals surface area contributed by atoms with Crippen LogP contribution in [0.4, 0.5) is 0 Å². The molecule has 2 saturated heterocycles. The van der Waals surface area contributed by atoms with Gasteiger partial charge in [0.15, 0.2) is 0 Å². The van der Waals surface area contributed by atoms with Gasteiger partial charge in [-0.25, -0.2) is 0 Å². The summed E-state index contributed by atoms with van der Waals surface area (Å²) in [5.74, 6) is 0.130. The number of piperazine rings is 1. The zero-order valence-corrected chi connectivity index (χ0v) is 17.0. The lowest BCUT2D eigenvalue weighted by molar-refractivity contribution is -0.0157. The van der Waals surface area contributed by atoms with Crippen molar-refractivity contribution in [2.45, 2.75) is 32.2 Å². The summed E-state index contributed by atoms with van der Waals surface area (Å²) < 4.78 is 0. The Hall–Kier alpha value is -1.98. The summed E-state index contributed by atoms with van der Waals surface area (Å²) in [7, 11) is 4.45. The third-order valence-corrected chi connectivity index (χ3v) is 6.64. The molecule has 2 aromatic rings. The number of carbonyl (C=O) groups is 1. The molecular weight excluding hydrogens is 336 g/mol. The zero-order valence-electron chi connectivity index (χ0n) is 17.0. The van der Waals surface area contributed by atoms with E-state index in [4.69, 9.17) is 4.98 Å². The highest BCUT2D eigenvalue weighted by molar-refractivity contribution is 5.99. The van der Waals surface area contributed by atoms with Crippen molar-refractivity contribution in [2.75, 3.05) is 46.8 Å². The fraction of sp³-hybridized carbons (Fsp3) is 0.545. The number of hydrogen-bond acceptors (Lipinski definition) is 4. The highest BCUT2D eigenvalue weighted by Crippen LogP contribution is 2.32. The van der Waals surface area contributed by atoms with Crippen LogP contribution in [0.25, 0.3) is 10.9 Å². The summed E-state index contributed by atoms with van der Waals surface area (Å²) >= 11 is 0. The average Bonchev–Trinajstić information content (AvgIpc) is 2.65. The van der Waals surface area contributed by atoms with Gasteiger partial charge in [0.25, 0.3) is 5.91 Å². The van der Waals surface area contributed by atoms with E-state index in [2.05, 4.69) is 36.9 Å². The van der Waals surface area contributed by atoms with Gasteiger partial charge in [-0.15, -0.1) is 0 Å². The summed E-state index contributed by atoms with van der Waals surface area (Å²) in [6.45, 7) is 9.00. The van der Waals surface area contributed by atoms with Gasteiger partial charge in [-0.3, -0.25) is 14.7 Å². The standard InChI is InChI=1S/C22H30N4O/c1-16-6-5-7-18-14-19(17(2)23-20(16)18)21(27)26-10-8-22(9-11-26)15-24(3)12-13-25(22)4/h5-7,14H,8-13,15H2,1-4H3. The number of amides is 1. The summed E-state index contributed by atoms with van der Waals surface area (Å²) in [4.78, 5) is 24.9. The number of carbonyl (C=O) groups excluding carboxylic acids is 1. The molecule has 3 heterocycles. The van der Waals surface area contributed by atoms with Crippen molar-refractivity contribution in [3.63, 3.8) is 0 Å². The largest absolute Gasteiger partial charge is 0.338 e. The smallest absolute Gasteiger partial charge is 0.255 e. The average molecular weight is 367 g/mol. The van der Waals surface area contributed by atoms with Crippen LogP contribution in [0.3, 0.4) is 0 Å². The van der Waals surface area contributed by atoms with Gasteiger partial charge >= 0.3 is 0 Å². The van der Waals surface area contributed by atoms with Gasteiger partial charge in [0.1, 0.15) is 0 Å². The highest BCUT2D eigenvalue weighted by Gasteiger charge is 2.42. The number of fused-ring (bicyclic) bond motifs is 1. The van der Waals surface area contributed by atoms with Gasteiger partial charge in [-0.05, 0) is 52.4 Å². The van der Waals surface area contributed by atoms with Crippen molar-refractivity contribution in [1.82, 2.24) is 19.7 Å². The van der Waals surface area contributed by atoms with E-state index in [1.54, 1.807) is 0 Å². The monoisotopic (exact) mass is 366 g/mol. The van der Waals surface area contributed by atoms with E-state index in [1.165, 1.54) is 0 Å². The van der Waals surface area contributed by atoms with E-state index in [1.807, 2.05) is 30.0 Å². The minimum absolute atomic E-state index is 0.130. The second-order valence-corrected chi connectivity index (χ2v) is 8.44. The molecule has 5 heteroatoms. The number of aryl methyl sites for hydroxylation is 2. The number of benzene rings is 1. The summed E-state index contributed by atoms with van der Waals surface area (Å²) in [6.07, 6.45) is 2.08. The number of pyridine rings is 1. The number of likely N-dealkylation sites (tertiary alicyclic amines) is 1. The van der Waals surface area contributed by atoms with Crippen LogP contribution in [-0.2, 0) is 0 Å². The predicted octanol–water partition coefficient (Wildman–Crippen LogP) is 2.70. The minimum Gasteiger partial charge on any atom is -0.338 e. The van der Waals surface area contributed by atoms with E-state index in [-0.39, 0.29) is 11.4 Å². The topological polar surface area (TPSA) is 39.7 Å². The van der Waals surface area contributed by atoms with E-state index >= 15 is 0 Å². The third kappa shape index (κ3) is 3.23. The minimum atomic E-state index is 0.130. The van der Waals surface area contributed by atoms with Crippen molar-refractivity contribution in [3.8, 4) is 0 Å². The fourth-order valence-corrected chi connectivity index (χ4v) is 4.75. The molecule has 0 unspecified atom stereocenters. The van der Waals surface area contributed by atoms with Gasteiger partial charge in [-0.1, -0.05) is 18.2 Å². The first-order valence-corrected chi connectivity index (χ1v) is 9.96. The molecule has 144 valence electrons.